The van der Waals surface area contributed by atoms with Gasteiger partial charge in [0.05, 0.1) is 0 Å². The Morgan fingerprint density at radius 2 is 1.52 bits per heavy atom. The molecule has 2 fully saturated rings. The molecular formula is C27H40F2. The lowest BCUT2D eigenvalue weighted by molar-refractivity contribution is 0.0688. The van der Waals surface area contributed by atoms with Crippen LogP contribution in [0.15, 0.2) is 12.1 Å². The van der Waals surface area contributed by atoms with Crippen molar-refractivity contribution >= 4 is 0 Å². The van der Waals surface area contributed by atoms with E-state index in [1.54, 1.807) is 0 Å². The summed E-state index contributed by atoms with van der Waals surface area (Å²) in [7, 11) is 0. The number of halogens is 2. The maximum atomic E-state index is 14.1. The van der Waals surface area contributed by atoms with Gasteiger partial charge in [0.15, 0.2) is 11.6 Å². The van der Waals surface area contributed by atoms with E-state index in [4.69, 9.17) is 0 Å². The summed E-state index contributed by atoms with van der Waals surface area (Å²) in [5, 5.41) is 0. The van der Waals surface area contributed by atoms with Crippen molar-refractivity contribution < 1.29 is 8.78 Å². The molecule has 0 radical (unpaired) electrons. The smallest absolute Gasteiger partial charge is 0.162 e. The van der Waals surface area contributed by atoms with Crippen LogP contribution in [0, 0.1) is 41.2 Å². The molecule has 1 aromatic rings. The number of unbranched alkanes of at least 4 members (excludes halogenated alkanes) is 4. The molecule has 0 heterocycles. The summed E-state index contributed by atoms with van der Waals surface area (Å²) in [5.41, 5.74) is 1.74. The first-order chi connectivity index (χ1) is 14.2. The third-order valence-corrected chi connectivity index (χ3v) is 8.69. The zero-order valence-corrected chi connectivity index (χ0v) is 18.4. The molecule has 4 rings (SSSR count). The van der Waals surface area contributed by atoms with Gasteiger partial charge in [0.25, 0.3) is 0 Å². The largest absolute Gasteiger partial charge is 0.204 e. The van der Waals surface area contributed by atoms with Crippen molar-refractivity contribution in [1.29, 1.82) is 0 Å². The molecule has 0 bridgehead atoms. The van der Waals surface area contributed by atoms with Gasteiger partial charge in [0.1, 0.15) is 0 Å². The van der Waals surface area contributed by atoms with E-state index >= 15 is 0 Å². The lowest BCUT2D eigenvalue weighted by Crippen LogP contribution is -2.35. The van der Waals surface area contributed by atoms with Gasteiger partial charge in [-0.1, -0.05) is 57.9 Å². The van der Waals surface area contributed by atoms with Crippen LogP contribution in [-0.2, 0) is 12.8 Å². The van der Waals surface area contributed by atoms with Gasteiger partial charge in [-0.3, -0.25) is 0 Å². The Morgan fingerprint density at radius 3 is 2.34 bits per heavy atom. The van der Waals surface area contributed by atoms with Gasteiger partial charge < -0.3 is 0 Å². The van der Waals surface area contributed by atoms with E-state index in [0.29, 0.717) is 11.5 Å². The molecule has 5 unspecified atom stereocenters. The molecule has 2 heteroatoms. The van der Waals surface area contributed by atoms with E-state index in [-0.39, 0.29) is 0 Å². The minimum atomic E-state index is -0.676. The third kappa shape index (κ3) is 5.05. The SMILES string of the molecule is CCCCCCCC1CCC2CC(C3CCc4c(ccc(F)c4F)C3)CCC2C1. The van der Waals surface area contributed by atoms with Crippen molar-refractivity contribution in [3.8, 4) is 0 Å². The van der Waals surface area contributed by atoms with E-state index in [1.807, 2.05) is 6.07 Å². The maximum Gasteiger partial charge on any atom is 0.162 e. The number of hydrogen-bond donors (Lipinski definition) is 0. The molecule has 29 heavy (non-hydrogen) atoms. The predicted molar refractivity (Wildman–Crippen MR) is 117 cm³/mol. The molecule has 0 nitrogen and oxygen atoms in total. The highest BCUT2D eigenvalue weighted by atomic mass is 19.2. The average molecular weight is 403 g/mol. The topological polar surface area (TPSA) is 0 Å². The Morgan fingerprint density at radius 1 is 0.793 bits per heavy atom. The molecular weight excluding hydrogens is 362 g/mol. The number of fused-ring (bicyclic) bond motifs is 2. The van der Waals surface area contributed by atoms with E-state index in [1.165, 1.54) is 83.1 Å². The summed E-state index contributed by atoms with van der Waals surface area (Å²) in [6, 6.07) is 3.17. The van der Waals surface area contributed by atoms with Gasteiger partial charge in [-0.05, 0) is 98.1 Å². The Kier molecular flexibility index (Phi) is 7.30. The third-order valence-electron chi connectivity index (χ3n) is 8.69. The molecule has 5 atom stereocenters. The summed E-state index contributed by atoms with van der Waals surface area (Å²) >= 11 is 0. The summed E-state index contributed by atoms with van der Waals surface area (Å²) in [5.74, 6) is 3.14. The standard InChI is InChI=1S/C27H40F2/c1-2-3-4-5-6-7-19-8-9-21-17-22(11-10-20(21)16-19)23-12-14-25-24(18-23)13-15-26(28)27(25)29/h13,15,19-23H,2-12,14,16-18H2,1H3. The van der Waals surface area contributed by atoms with Crippen molar-refractivity contribution in [2.24, 2.45) is 29.6 Å². The van der Waals surface area contributed by atoms with Crippen LogP contribution in [0.1, 0.15) is 102 Å². The fourth-order valence-electron chi connectivity index (χ4n) is 6.96. The van der Waals surface area contributed by atoms with Crippen LogP contribution in [0.25, 0.3) is 0 Å². The molecule has 0 aliphatic heterocycles. The van der Waals surface area contributed by atoms with E-state index in [0.717, 1.165) is 48.5 Å². The zero-order chi connectivity index (χ0) is 20.2. The molecule has 3 aliphatic carbocycles. The zero-order valence-electron chi connectivity index (χ0n) is 18.4. The Bertz CT molecular complexity index is 667. The normalized spacial score (nSPS) is 31.9. The van der Waals surface area contributed by atoms with Crippen LogP contribution < -0.4 is 0 Å². The van der Waals surface area contributed by atoms with Gasteiger partial charge in [-0.25, -0.2) is 8.78 Å². The predicted octanol–water partition coefficient (Wildman–Crippen LogP) is 8.26. The second-order valence-electron chi connectivity index (χ2n) is 10.5. The van der Waals surface area contributed by atoms with Gasteiger partial charge in [0.2, 0.25) is 0 Å². The fraction of sp³-hybridized carbons (Fsp3) is 0.778. The van der Waals surface area contributed by atoms with Gasteiger partial charge in [-0.2, -0.15) is 0 Å². The van der Waals surface area contributed by atoms with Crippen LogP contribution in [0.2, 0.25) is 0 Å². The minimum absolute atomic E-state index is 0.585. The Balaban J connectivity index is 1.26. The molecule has 0 saturated heterocycles. The summed E-state index contributed by atoms with van der Waals surface area (Å²) in [6.45, 7) is 2.29. The highest BCUT2D eigenvalue weighted by Crippen LogP contribution is 2.49. The number of rotatable bonds is 7. The lowest BCUT2D eigenvalue weighted by Gasteiger charge is -2.45. The second kappa shape index (κ2) is 9.92. The lowest BCUT2D eigenvalue weighted by atomic mass is 9.61. The average Bonchev–Trinajstić information content (AvgIpc) is 2.75. The van der Waals surface area contributed by atoms with E-state index in [9.17, 15) is 8.78 Å². The van der Waals surface area contributed by atoms with Crippen molar-refractivity contribution in [3.63, 3.8) is 0 Å². The van der Waals surface area contributed by atoms with Crippen LogP contribution >= 0.6 is 0 Å². The Hall–Kier alpha value is -0.920. The van der Waals surface area contributed by atoms with Gasteiger partial charge in [-0.15, -0.1) is 0 Å². The van der Waals surface area contributed by atoms with Crippen LogP contribution in [0.4, 0.5) is 8.78 Å². The maximum absolute atomic E-state index is 14.1. The highest BCUT2D eigenvalue weighted by Gasteiger charge is 2.38. The van der Waals surface area contributed by atoms with E-state index < -0.39 is 11.6 Å². The molecule has 2 saturated carbocycles. The minimum Gasteiger partial charge on any atom is -0.204 e. The van der Waals surface area contributed by atoms with E-state index in [2.05, 4.69) is 6.92 Å². The van der Waals surface area contributed by atoms with Crippen LogP contribution in [0.3, 0.4) is 0 Å². The monoisotopic (exact) mass is 402 g/mol. The molecule has 162 valence electrons. The van der Waals surface area contributed by atoms with Crippen LogP contribution in [-0.4, -0.2) is 0 Å². The van der Waals surface area contributed by atoms with Gasteiger partial charge >= 0.3 is 0 Å². The number of hydrogen-bond acceptors (Lipinski definition) is 0. The summed E-state index contributed by atoms with van der Waals surface area (Å²) < 4.78 is 27.6. The molecule has 1 aromatic carbocycles. The molecule has 0 N–H and O–H groups in total. The first-order valence-electron chi connectivity index (χ1n) is 12.6. The van der Waals surface area contributed by atoms with Crippen LogP contribution in [0.5, 0.6) is 0 Å². The molecule has 0 aromatic heterocycles. The first kappa shape index (κ1) is 21.3. The van der Waals surface area contributed by atoms with Crippen molar-refractivity contribution in [2.45, 2.75) is 103 Å². The second-order valence-corrected chi connectivity index (χ2v) is 10.5. The summed E-state index contributed by atoms with van der Waals surface area (Å²) in [6.07, 6.45) is 19.9. The van der Waals surface area contributed by atoms with Crippen molar-refractivity contribution in [1.82, 2.24) is 0 Å². The quantitative estimate of drug-likeness (QED) is 0.403. The first-order valence-corrected chi connectivity index (χ1v) is 12.6. The highest BCUT2D eigenvalue weighted by molar-refractivity contribution is 5.32. The molecule has 0 spiro atoms. The van der Waals surface area contributed by atoms with Crippen molar-refractivity contribution in [3.05, 3.63) is 34.9 Å². The van der Waals surface area contributed by atoms with Crippen molar-refractivity contribution in [2.75, 3.05) is 0 Å². The molecule has 3 aliphatic rings. The number of benzene rings is 1. The Labute approximate surface area is 176 Å². The molecule has 0 amide bonds. The summed E-state index contributed by atoms with van der Waals surface area (Å²) in [4.78, 5) is 0. The van der Waals surface area contributed by atoms with Gasteiger partial charge in [0, 0.05) is 0 Å². The fourth-order valence-corrected chi connectivity index (χ4v) is 6.96.